The van der Waals surface area contributed by atoms with E-state index in [0.717, 1.165) is 18.6 Å². The van der Waals surface area contributed by atoms with Gasteiger partial charge in [-0.2, -0.15) is 0 Å². The highest BCUT2D eigenvalue weighted by atomic mass is 79.9. The molecule has 0 spiro atoms. The Balaban J connectivity index is 2.17. The molecular formula is C13H14BrF2NO2. The molecule has 0 N–H and O–H groups in total. The Bertz CT molecular complexity index is 473. The van der Waals surface area contributed by atoms with Crippen LogP contribution >= 0.6 is 15.9 Å². The second-order valence-corrected chi connectivity index (χ2v) is 5.52. The molecule has 0 aliphatic carbocycles. The first-order chi connectivity index (χ1) is 9.02. The Morgan fingerprint density at radius 3 is 2.68 bits per heavy atom. The molecule has 1 aromatic rings. The summed E-state index contributed by atoms with van der Waals surface area (Å²) in [5.74, 6) is -2.05. The fourth-order valence-electron chi connectivity index (χ4n) is 2.29. The van der Waals surface area contributed by atoms with Crippen LogP contribution in [0.5, 0.6) is 0 Å². The minimum Gasteiger partial charge on any atom is -0.384 e. The molecule has 104 valence electrons. The Kier molecular flexibility index (Phi) is 4.52. The number of methoxy groups -OCH3 is 1. The van der Waals surface area contributed by atoms with E-state index < -0.39 is 23.1 Å². The highest BCUT2D eigenvalue weighted by Gasteiger charge is 2.30. The van der Waals surface area contributed by atoms with Gasteiger partial charge in [0.15, 0.2) is 0 Å². The molecule has 1 amide bonds. The van der Waals surface area contributed by atoms with Crippen molar-refractivity contribution in [2.75, 3.05) is 26.8 Å². The lowest BCUT2D eigenvalue weighted by atomic mass is 10.1. The van der Waals surface area contributed by atoms with Crippen LogP contribution in [0.15, 0.2) is 16.6 Å². The molecule has 1 aliphatic rings. The quantitative estimate of drug-likeness (QED) is 0.851. The van der Waals surface area contributed by atoms with Gasteiger partial charge in [0.25, 0.3) is 5.91 Å². The number of nitrogens with zero attached hydrogens (tertiary/aromatic N) is 1. The van der Waals surface area contributed by atoms with Gasteiger partial charge in [-0.1, -0.05) is 15.9 Å². The molecular weight excluding hydrogens is 320 g/mol. The summed E-state index contributed by atoms with van der Waals surface area (Å²) in [5, 5.41) is 0. The van der Waals surface area contributed by atoms with Gasteiger partial charge >= 0.3 is 0 Å². The van der Waals surface area contributed by atoms with Gasteiger partial charge in [-0.05, 0) is 18.6 Å². The highest BCUT2D eigenvalue weighted by molar-refractivity contribution is 9.10. The largest absolute Gasteiger partial charge is 0.384 e. The molecule has 2 rings (SSSR count). The summed E-state index contributed by atoms with van der Waals surface area (Å²) < 4.78 is 32.7. The normalized spacial score (nSPS) is 18.9. The molecule has 0 radical (unpaired) electrons. The van der Waals surface area contributed by atoms with E-state index in [2.05, 4.69) is 15.9 Å². The molecule has 1 fully saturated rings. The molecule has 1 aliphatic heterocycles. The maximum Gasteiger partial charge on any atom is 0.259 e. The third kappa shape index (κ3) is 3.12. The number of carbonyl (C=O) groups is 1. The molecule has 1 heterocycles. The van der Waals surface area contributed by atoms with Crippen LogP contribution in [0.3, 0.4) is 0 Å². The van der Waals surface area contributed by atoms with Crippen LogP contribution in [0.4, 0.5) is 8.78 Å². The zero-order chi connectivity index (χ0) is 14.0. The Labute approximate surface area is 118 Å². The van der Waals surface area contributed by atoms with E-state index in [1.807, 2.05) is 0 Å². The summed E-state index contributed by atoms with van der Waals surface area (Å²) in [6, 6.07) is 2.19. The maximum absolute atomic E-state index is 13.7. The molecule has 1 atom stereocenters. The lowest BCUT2D eigenvalue weighted by Crippen LogP contribution is -2.30. The van der Waals surface area contributed by atoms with Crippen LogP contribution in [0.1, 0.15) is 16.8 Å². The van der Waals surface area contributed by atoms with E-state index in [1.54, 1.807) is 7.11 Å². The maximum atomic E-state index is 13.7. The number of rotatable bonds is 3. The van der Waals surface area contributed by atoms with Crippen LogP contribution in [0, 0.1) is 17.6 Å². The van der Waals surface area contributed by atoms with Crippen molar-refractivity contribution in [2.45, 2.75) is 6.42 Å². The average molecular weight is 334 g/mol. The molecule has 19 heavy (non-hydrogen) atoms. The van der Waals surface area contributed by atoms with Gasteiger partial charge in [0.2, 0.25) is 0 Å². The van der Waals surface area contributed by atoms with Crippen LogP contribution in [-0.2, 0) is 4.74 Å². The topological polar surface area (TPSA) is 29.5 Å². The van der Waals surface area contributed by atoms with Crippen molar-refractivity contribution in [3.05, 3.63) is 33.8 Å². The SMILES string of the molecule is COCC1CCN(C(=O)c2c(F)cc(Br)cc2F)C1. The van der Waals surface area contributed by atoms with Crippen molar-refractivity contribution in [1.82, 2.24) is 4.90 Å². The second-order valence-electron chi connectivity index (χ2n) is 4.61. The van der Waals surface area contributed by atoms with Gasteiger partial charge < -0.3 is 9.64 Å². The van der Waals surface area contributed by atoms with Gasteiger partial charge in [0.1, 0.15) is 17.2 Å². The summed E-state index contributed by atoms with van der Waals surface area (Å²) in [6.45, 7) is 1.53. The van der Waals surface area contributed by atoms with Crippen molar-refractivity contribution in [3.63, 3.8) is 0 Å². The summed E-state index contributed by atoms with van der Waals surface area (Å²) in [5.41, 5.74) is -0.485. The van der Waals surface area contributed by atoms with Crippen LogP contribution in [-0.4, -0.2) is 37.6 Å². The number of benzene rings is 1. The number of likely N-dealkylation sites (tertiary alicyclic amines) is 1. The number of carbonyl (C=O) groups excluding carboxylic acids is 1. The lowest BCUT2D eigenvalue weighted by Gasteiger charge is -2.17. The Morgan fingerprint density at radius 1 is 1.47 bits per heavy atom. The van der Waals surface area contributed by atoms with E-state index >= 15 is 0 Å². The number of hydrogen-bond donors (Lipinski definition) is 0. The van der Waals surface area contributed by atoms with Crippen molar-refractivity contribution < 1.29 is 18.3 Å². The van der Waals surface area contributed by atoms with Crippen molar-refractivity contribution >= 4 is 21.8 Å². The van der Waals surface area contributed by atoms with Crippen LogP contribution < -0.4 is 0 Å². The van der Waals surface area contributed by atoms with E-state index in [0.29, 0.717) is 19.7 Å². The third-order valence-corrected chi connectivity index (χ3v) is 3.65. The molecule has 1 unspecified atom stereocenters. The second kappa shape index (κ2) is 5.96. The monoisotopic (exact) mass is 333 g/mol. The first-order valence-electron chi connectivity index (χ1n) is 5.95. The first kappa shape index (κ1) is 14.4. The first-order valence-corrected chi connectivity index (χ1v) is 6.75. The average Bonchev–Trinajstić information content (AvgIpc) is 2.76. The summed E-state index contributed by atoms with van der Waals surface area (Å²) >= 11 is 2.99. The van der Waals surface area contributed by atoms with Gasteiger partial charge in [0.05, 0.1) is 6.61 Å². The molecule has 3 nitrogen and oxygen atoms in total. The zero-order valence-electron chi connectivity index (χ0n) is 10.5. The van der Waals surface area contributed by atoms with E-state index in [4.69, 9.17) is 4.74 Å². The molecule has 1 saturated heterocycles. The third-order valence-electron chi connectivity index (χ3n) is 3.20. The van der Waals surface area contributed by atoms with Gasteiger partial charge in [-0.25, -0.2) is 8.78 Å². The number of halogens is 3. The molecule has 0 bridgehead atoms. The van der Waals surface area contributed by atoms with Crippen molar-refractivity contribution in [1.29, 1.82) is 0 Å². The van der Waals surface area contributed by atoms with Gasteiger partial charge in [-0.3, -0.25) is 4.79 Å². The van der Waals surface area contributed by atoms with Gasteiger partial charge in [0, 0.05) is 30.6 Å². The van der Waals surface area contributed by atoms with Crippen LogP contribution in [0.25, 0.3) is 0 Å². The Morgan fingerprint density at radius 2 is 2.11 bits per heavy atom. The number of ether oxygens (including phenoxy) is 1. The molecule has 6 heteroatoms. The summed E-state index contributed by atoms with van der Waals surface area (Å²) in [7, 11) is 1.60. The van der Waals surface area contributed by atoms with E-state index in [1.165, 1.54) is 4.90 Å². The lowest BCUT2D eigenvalue weighted by molar-refractivity contribution is 0.0766. The van der Waals surface area contributed by atoms with Crippen molar-refractivity contribution in [3.8, 4) is 0 Å². The fourth-order valence-corrected chi connectivity index (χ4v) is 2.70. The van der Waals surface area contributed by atoms with E-state index in [-0.39, 0.29) is 10.4 Å². The standard InChI is InChI=1S/C13H14BrF2NO2/c1-19-7-8-2-3-17(6-8)13(18)12-10(15)4-9(14)5-11(12)16/h4-5,8H,2-3,6-7H2,1H3. The predicted molar refractivity (Wildman–Crippen MR) is 69.9 cm³/mol. The van der Waals surface area contributed by atoms with Crippen LogP contribution in [0.2, 0.25) is 0 Å². The fraction of sp³-hybridized carbons (Fsp3) is 0.462. The summed E-state index contributed by atoms with van der Waals surface area (Å²) in [4.78, 5) is 13.6. The summed E-state index contributed by atoms with van der Waals surface area (Å²) in [6.07, 6.45) is 0.791. The molecule has 0 aromatic heterocycles. The number of amides is 1. The predicted octanol–water partition coefficient (Wildman–Crippen LogP) is 2.84. The Hall–Kier alpha value is -1.01. The smallest absolute Gasteiger partial charge is 0.259 e. The minimum atomic E-state index is -0.841. The molecule has 1 aromatic carbocycles. The highest BCUT2D eigenvalue weighted by Crippen LogP contribution is 2.24. The van der Waals surface area contributed by atoms with E-state index in [9.17, 15) is 13.6 Å². The van der Waals surface area contributed by atoms with Gasteiger partial charge in [-0.15, -0.1) is 0 Å². The number of hydrogen-bond acceptors (Lipinski definition) is 2. The van der Waals surface area contributed by atoms with Crippen molar-refractivity contribution in [2.24, 2.45) is 5.92 Å². The zero-order valence-corrected chi connectivity index (χ0v) is 12.0. The molecule has 0 saturated carbocycles. The minimum absolute atomic E-state index is 0.232.